The van der Waals surface area contributed by atoms with Gasteiger partial charge in [-0.05, 0) is 49.8 Å². The normalized spacial score (nSPS) is 19.8. The summed E-state index contributed by atoms with van der Waals surface area (Å²) in [7, 11) is -3.35. The molecule has 3 rings (SSSR count). The summed E-state index contributed by atoms with van der Waals surface area (Å²) in [6, 6.07) is 7.34. The molecule has 25 heavy (non-hydrogen) atoms. The third-order valence-electron chi connectivity index (χ3n) is 5.24. The van der Waals surface area contributed by atoms with Crippen LogP contribution in [0.4, 0.5) is 0 Å². The third kappa shape index (κ3) is 4.82. The van der Waals surface area contributed by atoms with E-state index in [-0.39, 0.29) is 5.91 Å². The van der Waals surface area contributed by atoms with Gasteiger partial charge in [-0.15, -0.1) is 0 Å². The van der Waals surface area contributed by atoms with Crippen molar-refractivity contribution in [2.75, 3.05) is 13.1 Å². The molecule has 2 fully saturated rings. The summed E-state index contributed by atoms with van der Waals surface area (Å²) in [5.41, 5.74) is 0.999. The van der Waals surface area contributed by atoms with E-state index in [9.17, 15) is 13.2 Å². The lowest BCUT2D eigenvalue weighted by Gasteiger charge is -2.22. The van der Waals surface area contributed by atoms with Crippen molar-refractivity contribution >= 4 is 15.9 Å². The van der Waals surface area contributed by atoms with Crippen LogP contribution in [0.3, 0.4) is 0 Å². The van der Waals surface area contributed by atoms with Crippen LogP contribution in [0.25, 0.3) is 0 Å². The highest BCUT2D eigenvalue weighted by Crippen LogP contribution is 2.21. The second-order valence-corrected chi connectivity index (χ2v) is 9.10. The first-order valence-corrected chi connectivity index (χ1v) is 10.9. The van der Waals surface area contributed by atoms with E-state index in [2.05, 4.69) is 5.32 Å². The maximum absolute atomic E-state index is 12.5. The molecule has 138 valence electrons. The molecule has 5 nitrogen and oxygen atoms in total. The fourth-order valence-electron chi connectivity index (χ4n) is 3.71. The minimum absolute atomic E-state index is 0.0978. The number of sulfonamides is 1. The van der Waals surface area contributed by atoms with Crippen LogP contribution >= 0.6 is 0 Å². The van der Waals surface area contributed by atoms with Gasteiger partial charge in [-0.1, -0.05) is 31.4 Å². The number of hydrogen-bond acceptors (Lipinski definition) is 3. The predicted octanol–water partition coefficient (Wildman–Crippen LogP) is 2.85. The van der Waals surface area contributed by atoms with Crippen molar-refractivity contribution in [1.29, 1.82) is 0 Å². The average molecular weight is 365 g/mol. The van der Waals surface area contributed by atoms with Gasteiger partial charge in [0.15, 0.2) is 0 Å². The summed E-state index contributed by atoms with van der Waals surface area (Å²) in [6.07, 6.45) is 8.84. The van der Waals surface area contributed by atoms with Crippen molar-refractivity contribution < 1.29 is 13.2 Å². The van der Waals surface area contributed by atoms with Gasteiger partial charge in [0.2, 0.25) is 15.9 Å². The zero-order valence-corrected chi connectivity index (χ0v) is 15.6. The molecule has 0 unspecified atom stereocenters. The molecule has 1 amide bonds. The van der Waals surface area contributed by atoms with Crippen molar-refractivity contribution in [3.8, 4) is 0 Å². The SMILES string of the molecule is O=C(CCc1ccc(S(=O)(=O)N2CCCC2)cc1)NC1CCCCC1. The fraction of sp³-hybridized carbons (Fsp3) is 0.632. The standard InChI is InChI=1S/C19H28N2O3S/c22-19(20-17-6-2-1-3-7-17)13-10-16-8-11-18(12-9-16)25(23,24)21-14-4-5-15-21/h8-9,11-12,17H,1-7,10,13-15H2,(H,20,22). The molecule has 1 saturated heterocycles. The van der Waals surface area contributed by atoms with E-state index < -0.39 is 10.0 Å². The number of rotatable bonds is 6. The van der Waals surface area contributed by atoms with E-state index in [4.69, 9.17) is 0 Å². The van der Waals surface area contributed by atoms with E-state index in [1.807, 2.05) is 12.1 Å². The Labute approximate surface area is 150 Å². The summed E-state index contributed by atoms with van der Waals surface area (Å²) in [6.45, 7) is 1.23. The summed E-state index contributed by atoms with van der Waals surface area (Å²) in [5.74, 6) is 0.0978. The molecule has 1 aromatic carbocycles. The Hall–Kier alpha value is -1.40. The number of hydrogen-bond donors (Lipinski definition) is 1. The predicted molar refractivity (Wildman–Crippen MR) is 97.8 cm³/mol. The van der Waals surface area contributed by atoms with Crippen molar-refractivity contribution in [2.24, 2.45) is 0 Å². The van der Waals surface area contributed by atoms with Crippen LogP contribution in [0.5, 0.6) is 0 Å². The van der Waals surface area contributed by atoms with Crippen LogP contribution in [0.1, 0.15) is 56.9 Å². The van der Waals surface area contributed by atoms with E-state index in [0.29, 0.717) is 36.9 Å². The number of aryl methyl sites for hydroxylation is 1. The van der Waals surface area contributed by atoms with Crippen molar-refractivity contribution in [1.82, 2.24) is 9.62 Å². The molecular weight excluding hydrogens is 336 g/mol. The monoisotopic (exact) mass is 364 g/mol. The first-order chi connectivity index (χ1) is 12.1. The number of nitrogens with one attached hydrogen (secondary N) is 1. The van der Waals surface area contributed by atoms with Gasteiger partial charge in [0.25, 0.3) is 0 Å². The molecule has 1 aliphatic carbocycles. The minimum Gasteiger partial charge on any atom is -0.353 e. The Morgan fingerprint density at radius 3 is 2.28 bits per heavy atom. The summed E-state index contributed by atoms with van der Waals surface area (Å²) in [4.78, 5) is 12.4. The minimum atomic E-state index is -3.35. The number of carbonyl (C=O) groups is 1. The lowest BCUT2D eigenvalue weighted by Crippen LogP contribution is -2.36. The van der Waals surface area contributed by atoms with Gasteiger partial charge in [-0.3, -0.25) is 4.79 Å². The maximum Gasteiger partial charge on any atom is 0.243 e. The van der Waals surface area contributed by atoms with Gasteiger partial charge >= 0.3 is 0 Å². The van der Waals surface area contributed by atoms with Crippen LogP contribution in [-0.4, -0.2) is 37.8 Å². The summed E-state index contributed by atoms with van der Waals surface area (Å²) in [5, 5.41) is 3.12. The highest BCUT2D eigenvalue weighted by Gasteiger charge is 2.26. The largest absolute Gasteiger partial charge is 0.353 e. The number of carbonyl (C=O) groups excluding carboxylic acids is 1. The second-order valence-electron chi connectivity index (χ2n) is 7.16. The second kappa shape index (κ2) is 8.32. The Balaban J connectivity index is 1.51. The zero-order chi connectivity index (χ0) is 17.7. The molecule has 1 heterocycles. The van der Waals surface area contributed by atoms with Crippen LogP contribution in [0, 0.1) is 0 Å². The lowest BCUT2D eigenvalue weighted by molar-refractivity contribution is -0.121. The van der Waals surface area contributed by atoms with E-state index in [0.717, 1.165) is 31.2 Å². The first kappa shape index (κ1) is 18.4. The van der Waals surface area contributed by atoms with Gasteiger partial charge in [0.05, 0.1) is 4.90 Å². The molecule has 1 N–H and O–H groups in total. The number of benzene rings is 1. The van der Waals surface area contributed by atoms with Crippen molar-refractivity contribution in [3.05, 3.63) is 29.8 Å². The topological polar surface area (TPSA) is 66.5 Å². The summed E-state index contributed by atoms with van der Waals surface area (Å²) >= 11 is 0. The van der Waals surface area contributed by atoms with Gasteiger partial charge < -0.3 is 5.32 Å². The quantitative estimate of drug-likeness (QED) is 0.844. The van der Waals surface area contributed by atoms with E-state index in [1.54, 1.807) is 16.4 Å². The van der Waals surface area contributed by atoms with Gasteiger partial charge in [0, 0.05) is 25.6 Å². The van der Waals surface area contributed by atoms with Crippen LogP contribution in [0.15, 0.2) is 29.2 Å². The molecule has 0 aromatic heterocycles. The Morgan fingerprint density at radius 2 is 1.64 bits per heavy atom. The third-order valence-corrected chi connectivity index (χ3v) is 7.15. The van der Waals surface area contributed by atoms with Gasteiger partial charge in [-0.2, -0.15) is 4.31 Å². The van der Waals surface area contributed by atoms with Crippen molar-refractivity contribution in [3.63, 3.8) is 0 Å². The van der Waals surface area contributed by atoms with Crippen LogP contribution in [0.2, 0.25) is 0 Å². The van der Waals surface area contributed by atoms with Crippen LogP contribution in [-0.2, 0) is 21.2 Å². The fourth-order valence-corrected chi connectivity index (χ4v) is 5.23. The first-order valence-electron chi connectivity index (χ1n) is 9.44. The molecule has 0 bridgehead atoms. The smallest absolute Gasteiger partial charge is 0.243 e. The molecular formula is C19H28N2O3S. The Bertz CT molecular complexity index is 673. The van der Waals surface area contributed by atoms with Gasteiger partial charge in [-0.25, -0.2) is 8.42 Å². The molecule has 1 aromatic rings. The average Bonchev–Trinajstić information content (AvgIpc) is 3.17. The van der Waals surface area contributed by atoms with Gasteiger partial charge in [0.1, 0.15) is 0 Å². The molecule has 0 spiro atoms. The zero-order valence-electron chi connectivity index (χ0n) is 14.7. The highest BCUT2D eigenvalue weighted by molar-refractivity contribution is 7.89. The molecule has 6 heteroatoms. The van der Waals surface area contributed by atoms with Crippen LogP contribution < -0.4 is 5.32 Å². The van der Waals surface area contributed by atoms with E-state index in [1.165, 1.54) is 19.3 Å². The molecule has 0 atom stereocenters. The molecule has 1 aliphatic heterocycles. The van der Waals surface area contributed by atoms with Crippen molar-refractivity contribution in [2.45, 2.75) is 68.7 Å². The van der Waals surface area contributed by atoms with E-state index >= 15 is 0 Å². The highest BCUT2D eigenvalue weighted by atomic mass is 32.2. The molecule has 2 aliphatic rings. The molecule has 0 radical (unpaired) electrons. The Kier molecular flexibility index (Phi) is 6.12. The number of amides is 1. The molecule has 1 saturated carbocycles. The maximum atomic E-state index is 12.5. The number of nitrogens with zero attached hydrogens (tertiary/aromatic N) is 1. The lowest BCUT2D eigenvalue weighted by atomic mass is 9.95. The summed E-state index contributed by atoms with van der Waals surface area (Å²) < 4.78 is 26.5. The Morgan fingerprint density at radius 1 is 1.00 bits per heavy atom.